The van der Waals surface area contributed by atoms with Gasteiger partial charge < -0.3 is 179 Å². The summed E-state index contributed by atoms with van der Waals surface area (Å²) in [6, 6.07) is 0. The highest BCUT2D eigenvalue weighted by Crippen LogP contribution is 2.37. The van der Waals surface area contributed by atoms with E-state index in [0.29, 0.717) is 0 Å². The highest BCUT2D eigenvalue weighted by atomic mass is 16.8. The van der Waals surface area contributed by atoms with Gasteiger partial charge in [-0.2, -0.15) is 0 Å². The van der Waals surface area contributed by atoms with Gasteiger partial charge in [0.25, 0.3) is 0 Å². The third-order valence-corrected chi connectivity index (χ3v) is 14.5. The van der Waals surface area contributed by atoms with Gasteiger partial charge in [-0.05, 0) is 0 Å². The number of aliphatic hydroxyl groups is 23. The van der Waals surface area contributed by atoms with Crippen LogP contribution in [0.2, 0.25) is 0 Å². The Bertz CT molecular complexity index is 1810. The van der Waals surface area contributed by atoms with Crippen molar-refractivity contribution in [3.63, 3.8) is 0 Å². The van der Waals surface area contributed by atoms with Crippen LogP contribution in [-0.2, 0) is 61.6 Å². The molecule has 0 aromatic rings. The minimum absolute atomic E-state index is 0.843. The Balaban J connectivity index is 0.947. The average Bonchev–Trinajstić information content (AvgIpc) is 3.44. The van der Waals surface area contributed by atoms with Gasteiger partial charge in [0.2, 0.25) is 0 Å². The molecule has 0 spiro atoms. The van der Waals surface area contributed by atoms with E-state index in [0.717, 1.165) is 0 Å². The molecule has 0 radical (unpaired) electrons. The van der Waals surface area contributed by atoms with Crippen LogP contribution in [0.15, 0.2) is 0 Å². The van der Waals surface area contributed by atoms with Gasteiger partial charge in [-0.25, -0.2) is 0 Å². The maximum absolute atomic E-state index is 11.3. The molecule has 0 aliphatic carbocycles. The Morgan fingerprint density at radius 2 is 0.372 bits per heavy atom. The van der Waals surface area contributed by atoms with Crippen molar-refractivity contribution in [2.75, 3.05) is 46.2 Å². The molecule has 0 unspecified atom stereocenters. The Kier molecular flexibility index (Phi) is 22.6. The standard InChI is InChI=1S/C42H72O36/c43-1-8-15(50)16(51)24(59)37(67-8)74-31-10(3-45)69-39(26(61)18(31)53)76-33-12(5-47)71-41(28(63)20(33)55)78-35-14(7-49)72-42(29(64)22(35)57)77-34-13(6-48)70-40(27(62)21(34)56)75-32-11(4-46)68-38(25(60)19(32)54)73-30-9(2-44)66-36(65)23(58)17(30)52/h8-65H,1-7H2/t8-,9-,10-,11-,12-,13-,14-,15-,16+,17-,18-,19-,20-,21-,22-,23-,24-,25-,26-,27-,28-,29-,30-,31-,32-,33-,34-,35-,36+,37+,38-,39-,40-,41-,42-/m1/s1. The molecule has 0 aromatic heterocycles. The monoisotopic (exact) mass is 1150 g/mol. The fourth-order valence-electron chi connectivity index (χ4n) is 10.0. The van der Waals surface area contributed by atoms with Gasteiger partial charge in [0.1, 0.15) is 171 Å². The van der Waals surface area contributed by atoms with Gasteiger partial charge in [-0.3, -0.25) is 0 Å². The summed E-state index contributed by atoms with van der Waals surface area (Å²) in [5.74, 6) is 0. The summed E-state index contributed by atoms with van der Waals surface area (Å²) in [6.07, 6.45) is -67.4. The van der Waals surface area contributed by atoms with Crippen molar-refractivity contribution in [2.24, 2.45) is 0 Å². The molecule has 456 valence electrons. The number of hydrogen-bond donors (Lipinski definition) is 23. The summed E-state index contributed by atoms with van der Waals surface area (Å²) in [5.41, 5.74) is 0. The summed E-state index contributed by atoms with van der Waals surface area (Å²) in [4.78, 5) is 0. The van der Waals surface area contributed by atoms with E-state index in [-0.39, 0.29) is 0 Å². The van der Waals surface area contributed by atoms with Crippen LogP contribution >= 0.6 is 0 Å². The molecule has 7 saturated heterocycles. The maximum Gasteiger partial charge on any atom is 0.187 e. The van der Waals surface area contributed by atoms with E-state index in [1.165, 1.54) is 0 Å². The van der Waals surface area contributed by atoms with Crippen LogP contribution in [0.1, 0.15) is 0 Å². The summed E-state index contributed by atoms with van der Waals surface area (Å²) in [6.45, 7) is -6.86. The van der Waals surface area contributed by atoms with E-state index in [1.807, 2.05) is 0 Å². The highest BCUT2D eigenvalue weighted by molar-refractivity contribution is 5.01. The summed E-state index contributed by atoms with van der Waals surface area (Å²) < 4.78 is 71.9. The van der Waals surface area contributed by atoms with Crippen LogP contribution in [-0.4, -0.2) is 379 Å². The fraction of sp³-hybridized carbons (Fsp3) is 1.00. The van der Waals surface area contributed by atoms with Crippen molar-refractivity contribution in [3.8, 4) is 0 Å². The molecule has 36 heteroatoms. The van der Waals surface area contributed by atoms with E-state index < -0.39 is 261 Å². The van der Waals surface area contributed by atoms with Gasteiger partial charge in [-0.1, -0.05) is 0 Å². The van der Waals surface area contributed by atoms with Gasteiger partial charge in [-0.15, -0.1) is 0 Å². The van der Waals surface area contributed by atoms with Gasteiger partial charge in [0, 0.05) is 0 Å². The van der Waals surface area contributed by atoms with Crippen molar-refractivity contribution in [2.45, 2.75) is 215 Å². The van der Waals surface area contributed by atoms with Crippen LogP contribution in [0.5, 0.6) is 0 Å². The second-order valence-corrected chi connectivity index (χ2v) is 19.6. The predicted molar refractivity (Wildman–Crippen MR) is 232 cm³/mol. The van der Waals surface area contributed by atoms with Crippen LogP contribution in [0.25, 0.3) is 0 Å². The van der Waals surface area contributed by atoms with E-state index >= 15 is 0 Å². The second-order valence-electron chi connectivity index (χ2n) is 19.6. The zero-order chi connectivity index (χ0) is 57.3. The molecule has 7 heterocycles. The summed E-state index contributed by atoms with van der Waals surface area (Å²) in [5, 5.41) is 243. The first-order valence-electron chi connectivity index (χ1n) is 24.7. The van der Waals surface area contributed by atoms with Crippen molar-refractivity contribution in [1.29, 1.82) is 0 Å². The number of rotatable bonds is 19. The minimum Gasteiger partial charge on any atom is -0.394 e. The topological polar surface area (TPSA) is 585 Å². The van der Waals surface area contributed by atoms with Gasteiger partial charge in [0.05, 0.1) is 46.2 Å². The molecule has 7 aliphatic heterocycles. The Labute approximate surface area is 439 Å². The lowest BCUT2D eigenvalue weighted by atomic mass is 9.95. The zero-order valence-corrected chi connectivity index (χ0v) is 40.8. The molecule has 0 amide bonds. The molecule has 7 fully saturated rings. The lowest BCUT2D eigenvalue weighted by molar-refractivity contribution is -0.398. The predicted octanol–water partition coefficient (Wildman–Crippen LogP) is -16.3. The quantitative estimate of drug-likeness (QED) is 0.0571. The van der Waals surface area contributed by atoms with Gasteiger partial charge >= 0.3 is 0 Å². The first-order valence-corrected chi connectivity index (χ1v) is 24.7. The fourth-order valence-corrected chi connectivity index (χ4v) is 10.0. The third kappa shape index (κ3) is 12.9. The third-order valence-electron chi connectivity index (χ3n) is 14.5. The molecule has 36 nitrogen and oxygen atoms in total. The number of ether oxygens (including phenoxy) is 13. The Hall–Kier alpha value is -1.44. The molecular formula is C42H72O36. The zero-order valence-electron chi connectivity index (χ0n) is 40.8. The van der Waals surface area contributed by atoms with Crippen LogP contribution in [0.4, 0.5) is 0 Å². The van der Waals surface area contributed by atoms with Crippen molar-refractivity contribution in [1.82, 2.24) is 0 Å². The Morgan fingerprint density at radius 3 is 0.590 bits per heavy atom. The molecule has 7 aliphatic rings. The first kappa shape index (κ1) is 64.1. The normalized spacial score (nSPS) is 53.5. The lowest BCUT2D eigenvalue weighted by Crippen LogP contribution is -2.68. The molecule has 0 aromatic carbocycles. The second kappa shape index (κ2) is 27.5. The number of hydrogen-bond acceptors (Lipinski definition) is 36. The summed E-state index contributed by atoms with van der Waals surface area (Å²) >= 11 is 0. The van der Waals surface area contributed by atoms with Crippen LogP contribution < -0.4 is 0 Å². The highest BCUT2D eigenvalue weighted by Gasteiger charge is 2.58. The maximum atomic E-state index is 11.3. The lowest BCUT2D eigenvalue weighted by Gasteiger charge is -2.50. The minimum atomic E-state index is -2.23. The Morgan fingerprint density at radius 1 is 0.192 bits per heavy atom. The van der Waals surface area contributed by atoms with Crippen molar-refractivity contribution in [3.05, 3.63) is 0 Å². The number of aliphatic hydroxyl groups excluding tert-OH is 23. The van der Waals surface area contributed by atoms with E-state index in [1.54, 1.807) is 0 Å². The van der Waals surface area contributed by atoms with E-state index in [9.17, 15) is 117 Å². The van der Waals surface area contributed by atoms with E-state index in [2.05, 4.69) is 0 Å². The molecule has 7 rings (SSSR count). The average molecular weight is 1150 g/mol. The molecule has 0 saturated carbocycles. The first-order chi connectivity index (χ1) is 37.0. The van der Waals surface area contributed by atoms with Gasteiger partial charge in [0.15, 0.2) is 44.0 Å². The van der Waals surface area contributed by atoms with Crippen molar-refractivity contribution < 1.29 is 179 Å². The largest absolute Gasteiger partial charge is 0.394 e. The van der Waals surface area contributed by atoms with E-state index in [4.69, 9.17) is 61.6 Å². The molecular weight excluding hydrogens is 1080 g/mol. The van der Waals surface area contributed by atoms with Crippen molar-refractivity contribution >= 4 is 0 Å². The molecule has 78 heavy (non-hydrogen) atoms. The molecule has 0 bridgehead atoms. The smallest absolute Gasteiger partial charge is 0.187 e. The molecule has 23 N–H and O–H groups in total. The molecule has 35 atom stereocenters. The van der Waals surface area contributed by atoms with Crippen LogP contribution in [0, 0.1) is 0 Å². The van der Waals surface area contributed by atoms with Crippen LogP contribution in [0.3, 0.4) is 0 Å². The summed E-state index contributed by atoms with van der Waals surface area (Å²) in [7, 11) is 0. The SMILES string of the molecule is OC[C@H]1O[C@@H](O[C@H]2[C@H](O)[C@@H](O)[C@@H](O[C@H]3[C@H](O)[C@@H](O)[C@@H](O[C@H]4[C@H](O)[C@@H](O)[C@@H](O[C@H]5[C@H](O)[C@@H](O)[C@@H](O[C@H]6[C@H](O)[C@@H](O)[C@@H](O[C@H]7[C@H](O)[C@@H](O)[C@@H](O)O[C@@H]7CO)O[C@@H]6CO)O[C@@H]5CO)O[C@@H]4CO)O[C@@H]3CO)O[C@@H]2CO)[C@H](O)[C@@H](O)[C@@H]1O.